The molecular weight excluding hydrogens is 202 g/mol. The molecule has 3 rings (SSSR count). The molecule has 5 heteroatoms. The molecule has 0 radical (unpaired) electrons. The fourth-order valence-corrected chi connectivity index (χ4v) is 2.20. The highest BCUT2D eigenvalue weighted by Crippen LogP contribution is 2.14. The second-order valence-electron chi connectivity index (χ2n) is 4.31. The van der Waals surface area contributed by atoms with E-state index in [2.05, 4.69) is 15.4 Å². The highest BCUT2D eigenvalue weighted by molar-refractivity contribution is 5.45. The minimum Gasteiger partial charge on any atom is -0.384 e. The van der Waals surface area contributed by atoms with E-state index in [4.69, 9.17) is 5.73 Å². The Balaban J connectivity index is 1.90. The van der Waals surface area contributed by atoms with Crippen LogP contribution in [0.15, 0.2) is 18.2 Å². The molecule has 3 N–H and O–H groups in total. The van der Waals surface area contributed by atoms with Crippen LogP contribution >= 0.6 is 0 Å². The summed E-state index contributed by atoms with van der Waals surface area (Å²) in [4.78, 5) is 4.48. The lowest BCUT2D eigenvalue weighted by Gasteiger charge is -2.02. The second kappa shape index (κ2) is 3.75. The van der Waals surface area contributed by atoms with Crippen LogP contribution in [0.5, 0.6) is 0 Å². The maximum absolute atomic E-state index is 5.83. The summed E-state index contributed by atoms with van der Waals surface area (Å²) in [7, 11) is 0. The summed E-state index contributed by atoms with van der Waals surface area (Å²) < 4.78 is 1.71. The third-order valence-corrected chi connectivity index (χ3v) is 3.07. The van der Waals surface area contributed by atoms with Gasteiger partial charge in [-0.25, -0.2) is 4.98 Å². The molecule has 1 aliphatic rings. The van der Waals surface area contributed by atoms with Gasteiger partial charge < -0.3 is 11.1 Å². The van der Waals surface area contributed by atoms with E-state index in [0.29, 0.717) is 11.7 Å². The van der Waals surface area contributed by atoms with Crippen LogP contribution in [0, 0.1) is 5.92 Å². The largest absolute Gasteiger partial charge is 0.384 e. The Kier molecular flexibility index (Phi) is 2.25. The Bertz CT molecular complexity index is 498. The van der Waals surface area contributed by atoms with Crippen molar-refractivity contribution in [1.82, 2.24) is 19.9 Å². The molecular formula is C11H15N5. The number of anilines is 1. The molecule has 1 saturated heterocycles. The Morgan fingerprint density at radius 1 is 1.50 bits per heavy atom. The van der Waals surface area contributed by atoms with Gasteiger partial charge in [0.2, 0.25) is 0 Å². The minimum atomic E-state index is 0.640. The summed E-state index contributed by atoms with van der Waals surface area (Å²) in [5.74, 6) is 2.20. The number of hydrogen-bond acceptors (Lipinski definition) is 4. The van der Waals surface area contributed by atoms with Crippen LogP contribution in [0.4, 0.5) is 5.82 Å². The molecule has 84 valence electrons. The van der Waals surface area contributed by atoms with Crippen molar-refractivity contribution in [3.63, 3.8) is 0 Å². The first-order valence-electron chi connectivity index (χ1n) is 5.64. The van der Waals surface area contributed by atoms with Gasteiger partial charge in [0.15, 0.2) is 11.5 Å². The Morgan fingerprint density at radius 3 is 3.19 bits per heavy atom. The number of nitrogen functional groups attached to an aromatic ring is 1. The summed E-state index contributed by atoms with van der Waals surface area (Å²) in [5, 5.41) is 7.78. The van der Waals surface area contributed by atoms with Gasteiger partial charge in [-0.1, -0.05) is 6.07 Å². The van der Waals surface area contributed by atoms with E-state index in [0.717, 1.165) is 31.0 Å². The summed E-state index contributed by atoms with van der Waals surface area (Å²) >= 11 is 0. The lowest BCUT2D eigenvalue weighted by molar-refractivity contribution is 0.561. The summed E-state index contributed by atoms with van der Waals surface area (Å²) in [6, 6.07) is 5.67. The standard InChI is InChI=1S/C11H15N5/c12-9-2-1-3-11-14-10(15-16(9)11)6-8-4-5-13-7-8/h1-3,8,13H,4-7,12H2. The van der Waals surface area contributed by atoms with Crippen LogP contribution < -0.4 is 11.1 Å². The first-order chi connectivity index (χ1) is 7.83. The molecule has 0 aliphatic carbocycles. The number of rotatable bonds is 2. The van der Waals surface area contributed by atoms with Gasteiger partial charge in [0.1, 0.15) is 5.82 Å². The normalized spacial score (nSPS) is 20.6. The minimum absolute atomic E-state index is 0.640. The molecule has 0 aromatic carbocycles. The average molecular weight is 217 g/mol. The zero-order chi connectivity index (χ0) is 11.0. The van der Waals surface area contributed by atoms with Crippen LogP contribution in [-0.2, 0) is 6.42 Å². The summed E-state index contributed by atoms with van der Waals surface area (Å²) in [6.45, 7) is 2.19. The van der Waals surface area contributed by atoms with Crippen molar-refractivity contribution in [3.05, 3.63) is 24.0 Å². The average Bonchev–Trinajstić information content (AvgIpc) is 2.88. The molecule has 1 unspecified atom stereocenters. The molecule has 0 amide bonds. The predicted molar refractivity (Wildman–Crippen MR) is 62.1 cm³/mol. The van der Waals surface area contributed by atoms with E-state index in [-0.39, 0.29) is 0 Å². The lowest BCUT2D eigenvalue weighted by atomic mass is 10.1. The third-order valence-electron chi connectivity index (χ3n) is 3.07. The van der Waals surface area contributed by atoms with Crippen molar-refractivity contribution in [2.24, 2.45) is 5.92 Å². The fraction of sp³-hybridized carbons (Fsp3) is 0.455. The second-order valence-corrected chi connectivity index (χ2v) is 4.31. The first kappa shape index (κ1) is 9.59. The highest BCUT2D eigenvalue weighted by Gasteiger charge is 2.17. The van der Waals surface area contributed by atoms with Gasteiger partial charge in [-0.15, -0.1) is 5.10 Å². The molecule has 1 fully saturated rings. The van der Waals surface area contributed by atoms with Gasteiger partial charge in [0.25, 0.3) is 0 Å². The van der Waals surface area contributed by atoms with Crippen molar-refractivity contribution in [1.29, 1.82) is 0 Å². The van der Waals surface area contributed by atoms with Gasteiger partial charge >= 0.3 is 0 Å². The molecule has 0 bridgehead atoms. The molecule has 16 heavy (non-hydrogen) atoms. The van der Waals surface area contributed by atoms with Crippen LogP contribution in [0.3, 0.4) is 0 Å². The molecule has 3 heterocycles. The van der Waals surface area contributed by atoms with Crippen molar-refractivity contribution < 1.29 is 0 Å². The van der Waals surface area contributed by atoms with E-state index in [1.807, 2.05) is 18.2 Å². The van der Waals surface area contributed by atoms with E-state index in [1.54, 1.807) is 4.52 Å². The number of fused-ring (bicyclic) bond motifs is 1. The Morgan fingerprint density at radius 2 is 2.44 bits per heavy atom. The monoisotopic (exact) mass is 217 g/mol. The summed E-state index contributed by atoms with van der Waals surface area (Å²) in [5.41, 5.74) is 6.66. The Labute approximate surface area is 93.7 Å². The highest BCUT2D eigenvalue weighted by atomic mass is 15.3. The zero-order valence-electron chi connectivity index (χ0n) is 9.06. The molecule has 1 atom stereocenters. The molecule has 2 aromatic rings. The van der Waals surface area contributed by atoms with Crippen molar-refractivity contribution in [2.45, 2.75) is 12.8 Å². The van der Waals surface area contributed by atoms with Crippen molar-refractivity contribution in [3.8, 4) is 0 Å². The van der Waals surface area contributed by atoms with E-state index in [1.165, 1.54) is 6.42 Å². The molecule has 0 saturated carbocycles. The number of nitrogens with two attached hydrogens (primary N) is 1. The SMILES string of the molecule is Nc1cccc2nc(CC3CCNC3)nn12. The zero-order valence-corrected chi connectivity index (χ0v) is 9.06. The van der Waals surface area contributed by atoms with Crippen molar-refractivity contribution >= 4 is 11.5 Å². The van der Waals surface area contributed by atoms with E-state index in [9.17, 15) is 0 Å². The van der Waals surface area contributed by atoms with Crippen molar-refractivity contribution in [2.75, 3.05) is 18.8 Å². The number of nitrogens with zero attached hydrogens (tertiary/aromatic N) is 3. The number of nitrogens with one attached hydrogen (secondary N) is 1. The fourth-order valence-electron chi connectivity index (χ4n) is 2.20. The quantitative estimate of drug-likeness (QED) is 0.767. The van der Waals surface area contributed by atoms with Gasteiger partial charge in [0, 0.05) is 6.42 Å². The maximum Gasteiger partial charge on any atom is 0.157 e. The molecule has 1 aliphatic heterocycles. The molecule has 5 nitrogen and oxygen atoms in total. The predicted octanol–water partition coefficient (Wildman–Crippen LogP) is 0.463. The third kappa shape index (κ3) is 1.63. The smallest absolute Gasteiger partial charge is 0.157 e. The number of pyridine rings is 1. The topological polar surface area (TPSA) is 68.2 Å². The molecule has 0 spiro atoms. The van der Waals surface area contributed by atoms with Crippen LogP contribution in [0.2, 0.25) is 0 Å². The van der Waals surface area contributed by atoms with Crippen LogP contribution in [-0.4, -0.2) is 27.7 Å². The van der Waals surface area contributed by atoms with E-state index >= 15 is 0 Å². The van der Waals surface area contributed by atoms with Gasteiger partial charge in [-0.3, -0.25) is 0 Å². The van der Waals surface area contributed by atoms with Crippen LogP contribution in [0.1, 0.15) is 12.2 Å². The van der Waals surface area contributed by atoms with Gasteiger partial charge in [-0.2, -0.15) is 4.52 Å². The first-order valence-corrected chi connectivity index (χ1v) is 5.64. The van der Waals surface area contributed by atoms with Gasteiger partial charge in [-0.05, 0) is 37.6 Å². The number of hydrogen-bond donors (Lipinski definition) is 2. The Hall–Kier alpha value is -1.62. The lowest BCUT2D eigenvalue weighted by Crippen LogP contribution is -2.11. The molecule has 2 aromatic heterocycles. The maximum atomic E-state index is 5.83. The van der Waals surface area contributed by atoms with Crippen LogP contribution in [0.25, 0.3) is 5.65 Å². The van der Waals surface area contributed by atoms with E-state index < -0.39 is 0 Å². The van der Waals surface area contributed by atoms with Gasteiger partial charge in [0.05, 0.1) is 0 Å². The summed E-state index contributed by atoms with van der Waals surface area (Å²) in [6.07, 6.45) is 2.15. The number of aromatic nitrogens is 3.